The normalized spacial score (nSPS) is 9.88. The highest BCUT2D eigenvalue weighted by Crippen LogP contribution is 2.18. The van der Waals surface area contributed by atoms with Gasteiger partial charge in [0.1, 0.15) is 12.3 Å². The zero-order valence-electron chi connectivity index (χ0n) is 9.34. The van der Waals surface area contributed by atoms with E-state index < -0.39 is 0 Å². The fourth-order valence-corrected chi connectivity index (χ4v) is 1.37. The lowest BCUT2D eigenvalue weighted by atomic mass is 10.1. The number of rotatable bonds is 3. The average Bonchev–Trinajstić information content (AvgIpc) is 2.25. The van der Waals surface area contributed by atoms with Crippen molar-refractivity contribution in [3.8, 4) is 11.8 Å². The van der Waals surface area contributed by atoms with E-state index in [0.29, 0.717) is 0 Å². The van der Waals surface area contributed by atoms with Gasteiger partial charge < -0.3 is 10.0 Å². The van der Waals surface area contributed by atoms with Gasteiger partial charge in [0.15, 0.2) is 0 Å². The Morgan fingerprint density at radius 1 is 1.50 bits per heavy atom. The van der Waals surface area contributed by atoms with E-state index in [0.717, 1.165) is 0 Å². The highest BCUT2D eigenvalue weighted by molar-refractivity contribution is 5.97. The minimum Gasteiger partial charge on any atom is -0.507 e. The molecule has 84 valence electrons. The third-order valence-corrected chi connectivity index (χ3v) is 2.26. The summed E-state index contributed by atoms with van der Waals surface area (Å²) < 4.78 is 0. The molecule has 0 radical (unpaired) electrons. The zero-order chi connectivity index (χ0) is 12.1. The molecule has 0 fully saturated rings. The van der Waals surface area contributed by atoms with Crippen molar-refractivity contribution in [1.29, 1.82) is 5.26 Å². The number of nitriles is 1. The molecule has 0 saturated heterocycles. The molecule has 1 rings (SSSR count). The van der Waals surface area contributed by atoms with E-state index in [1.807, 2.05) is 19.9 Å². The molecule has 1 aromatic carbocycles. The molecular weight excluding hydrogens is 204 g/mol. The lowest BCUT2D eigenvalue weighted by Crippen LogP contribution is -2.37. The van der Waals surface area contributed by atoms with Gasteiger partial charge in [-0.25, -0.2) is 0 Å². The molecule has 0 aliphatic carbocycles. The number of hydrogen-bond acceptors (Lipinski definition) is 3. The summed E-state index contributed by atoms with van der Waals surface area (Å²) in [6, 6.07) is 8.20. The van der Waals surface area contributed by atoms with Crippen molar-refractivity contribution < 1.29 is 9.90 Å². The number of amides is 1. The third-order valence-electron chi connectivity index (χ3n) is 2.26. The fraction of sp³-hybridized carbons (Fsp3) is 0.333. The number of carbonyl (C=O) groups excluding carboxylic acids is 1. The van der Waals surface area contributed by atoms with Crippen LogP contribution >= 0.6 is 0 Å². The van der Waals surface area contributed by atoms with Gasteiger partial charge in [0, 0.05) is 6.04 Å². The Morgan fingerprint density at radius 2 is 2.12 bits per heavy atom. The van der Waals surface area contributed by atoms with Crippen LogP contribution in [0.4, 0.5) is 0 Å². The van der Waals surface area contributed by atoms with Crippen molar-refractivity contribution in [1.82, 2.24) is 4.90 Å². The van der Waals surface area contributed by atoms with Crippen LogP contribution in [0.25, 0.3) is 0 Å². The molecule has 0 spiro atoms. The number of carbonyl (C=O) groups is 1. The van der Waals surface area contributed by atoms with Gasteiger partial charge in [-0.15, -0.1) is 0 Å². The van der Waals surface area contributed by atoms with Gasteiger partial charge in [-0.1, -0.05) is 12.1 Å². The van der Waals surface area contributed by atoms with Crippen LogP contribution in [0.2, 0.25) is 0 Å². The Kier molecular flexibility index (Phi) is 3.90. The van der Waals surface area contributed by atoms with Gasteiger partial charge in [0.2, 0.25) is 0 Å². The van der Waals surface area contributed by atoms with Crippen molar-refractivity contribution >= 4 is 5.91 Å². The van der Waals surface area contributed by atoms with E-state index in [1.54, 1.807) is 18.2 Å². The second-order valence-electron chi connectivity index (χ2n) is 3.70. The molecule has 4 nitrogen and oxygen atoms in total. The number of phenolic OH excluding ortho intramolecular Hbond substituents is 1. The zero-order valence-corrected chi connectivity index (χ0v) is 9.34. The van der Waals surface area contributed by atoms with E-state index in [4.69, 9.17) is 5.26 Å². The topological polar surface area (TPSA) is 64.3 Å². The second-order valence-corrected chi connectivity index (χ2v) is 3.70. The number of para-hydroxylation sites is 1. The molecule has 1 N–H and O–H groups in total. The third kappa shape index (κ3) is 2.51. The molecule has 1 aromatic rings. The average molecular weight is 218 g/mol. The monoisotopic (exact) mass is 218 g/mol. The van der Waals surface area contributed by atoms with Gasteiger partial charge in [0.25, 0.3) is 5.91 Å². The first-order chi connectivity index (χ1) is 7.57. The van der Waals surface area contributed by atoms with E-state index in [-0.39, 0.29) is 29.8 Å². The summed E-state index contributed by atoms with van der Waals surface area (Å²) in [5.41, 5.74) is 0.228. The molecule has 0 heterocycles. The lowest BCUT2D eigenvalue weighted by molar-refractivity contribution is 0.0728. The highest BCUT2D eigenvalue weighted by Gasteiger charge is 2.20. The van der Waals surface area contributed by atoms with E-state index in [2.05, 4.69) is 0 Å². The van der Waals surface area contributed by atoms with Gasteiger partial charge in [-0.3, -0.25) is 4.79 Å². The van der Waals surface area contributed by atoms with Crippen molar-refractivity contribution in [2.75, 3.05) is 6.54 Å². The van der Waals surface area contributed by atoms with Crippen LogP contribution in [-0.2, 0) is 0 Å². The summed E-state index contributed by atoms with van der Waals surface area (Å²) in [4.78, 5) is 13.4. The van der Waals surface area contributed by atoms with E-state index in [1.165, 1.54) is 11.0 Å². The molecule has 0 bridgehead atoms. The number of aromatic hydroxyl groups is 1. The highest BCUT2D eigenvalue weighted by atomic mass is 16.3. The quantitative estimate of drug-likeness (QED) is 0.786. The van der Waals surface area contributed by atoms with Crippen LogP contribution in [0.15, 0.2) is 24.3 Å². The van der Waals surface area contributed by atoms with Crippen LogP contribution in [0.3, 0.4) is 0 Å². The van der Waals surface area contributed by atoms with Crippen molar-refractivity contribution in [3.63, 3.8) is 0 Å². The molecule has 0 atom stereocenters. The first-order valence-corrected chi connectivity index (χ1v) is 5.03. The van der Waals surface area contributed by atoms with Crippen LogP contribution in [0.1, 0.15) is 24.2 Å². The summed E-state index contributed by atoms with van der Waals surface area (Å²) in [5.74, 6) is -0.384. The smallest absolute Gasteiger partial charge is 0.258 e. The molecule has 0 saturated carbocycles. The molecule has 0 aliphatic rings. The molecule has 0 aromatic heterocycles. The number of benzene rings is 1. The maximum absolute atomic E-state index is 12.0. The maximum atomic E-state index is 12.0. The molecule has 0 unspecified atom stereocenters. The predicted molar refractivity (Wildman–Crippen MR) is 59.9 cm³/mol. The summed E-state index contributed by atoms with van der Waals surface area (Å²) in [6.45, 7) is 3.68. The first-order valence-electron chi connectivity index (χ1n) is 5.03. The standard InChI is InChI=1S/C12H14N2O2/c1-9(2)14(8-7-13)12(16)10-5-3-4-6-11(10)15/h3-6,9,15H,8H2,1-2H3. The second kappa shape index (κ2) is 5.17. The van der Waals surface area contributed by atoms with Crippen molar-refractivity contribution in [2.45, 2.75) is 19.9 Å². The molecular formula is C12H14N2O2. The fourth-order valence-electron chi connectivity index (χ4n) is 1.37. The Bertz CT molecular complexity index is 421. The SMILES string of the molecule is CC(C)N(CC#N)C(=O)c1ccccc1O. The Hall–Kier alpha value is -2.02. The maximum Gasteiger partial charge on any atom is 0.258 e. The Labute approximate surface area is 94.7 Å². The predicted octanol–water partition coefficient (Wildman–Crippen LogP) is 1.77. The van der Waals surface area contributed by atoms with E-state index in [9.17, 15) is 9.90 Å². The Morgan fingerprint density at radius 3 is 2.62 bits per heavy atom. The van der Waals surface area contributed by atoms with Gasteiger partial charge in [-0.2, -0.15) is 5.26 Å². The van der Waals surface area contributed by atoms with E-state index >= 15 is 0 Å². The van der Waals surface area contributed by atoms with Gasteiger partial charge in [0.05, 0.1) is 11.6 Å². The van der Waals surface area contributed by atoms with Crippen molar-refractivity contribution in [2.24, 2.45) is 0 Å². The number of nitrogens with zero attached hydrogens (tertiary/aromatic N) is 2. The number of phenols is 1. The minimum absolute atomic E-state index is 0.0187. The molecule has 4 heteroatoms. The largest absolute Gasteiger partial charge is 0.507 e. The van der Waals surface area contributed by atoms with Crippen LogP contribution in [-0.4, -0.2) is 28.5 Å². The summed E-state index contributed by atoms with van der Waals surface area (Å²) >= 11 is 0. The van der Waals surface area contributed by atoms with Gasteiger partial charge >= 0.3 is 0 Å². The summed E-state index contributed by atoms with van der Waals surface area (Å²) in [5, 5.41) is 18.2. The molecule has 16 heavy (non-hydrogen) atoms. The molecule has 0 aliphatic heterocycles. The summed E-state index contributed by atoms with van der Waals surface area (Å²) in [6.07, 6.45) is 0. The minimum atomic E-state index is -0.324. The van der Waals surface area contributed by atoms with Crippen molar-refractivity contribution in [3.05, 3.63) is 29.8 Å². The Balaban J connectivity index is 3.01. The lowest BCUT2D eigenvalue weighted by Gasteiger charge is -2.24. The van der Waals surface area contributed by atoms with Crippen LogP contribution in [0.5, 0.6) is 5.75 Å². The van der Waals surface area contributed by atoms with Gasteiger partial charge in [-0.05, 0) is 26.0 Å². The summed E-state index contributed by atoms with van der Waals surface area (Å²) in [7, 11) is 0. The first kappa shape index (κ1) is 12.1. The molecule has 1 amide bonds. The number of hydrogen-bond donors (Lipinski definition) is 1. The van der Waals surface area contributed by atoms with Crippen LogP contribution in [0, 0.1) is 11.3 Å². The van der Waals surface area contributed by atoms with Crippen LogP contribution < -0.4 is 0 Å².